The third-order valence-electron chi connectivity index (χ3n) is 6.42. The van der Waals surface area contributed by atoms with Gasteiger partial charge in [0.25, 0.3) is 5.56 Å². The molecule has 38 heavy (non-hydrogen) atoms. The highest BCUT2D eigenvalue weighted by atomic mass is 16.5. The fraction of sp³-hybridized carbons (Fsp3) is 0.308. The van der Waals surface area contributed by atoms with Crippen molar-refractivity contribution in [3.05, 3.63) is 86.5 Å². The van der Waals surface area contributed by atoms with E-state index in [1.807, 2.05) is 18.2 Å². The van der Waals surface area contributed by atoms with E-state index in [9.17, 15) is 24.0 Å². The van der Waals surface area contributed by atoms with Gasteiger partial charge in [0.15, 0.2) is 0 Å². The summed E-state index contributed by atoms with van der Waals surface area (Å²) in [7, 11) is 0. The molecule has 0 aliphatic carbocycles. The van der Waals surface area contributed by atoms with E-state index in [0.717, 1.165) is 21.4 Å². The van der Waals surface area contributed by atoms with Crippen molar-refractivity contribution >= 4 is 23.4 Å². The van der Waals surface area contributed by atoms with Gasteiger partial charge in [-0.05, 0) is 23.3 Å². The van der Waals surface area contributed by atoms with Gasteiger partial charge in [0.05, 0.1) is 31.6 Å². The number of ether oxygens (including phenoxy) is 1. The van der Waals surface area contributed by atoms with Crippen molar-refractivity contribution < 1.29 is 19.1 Å². The second kappa shape index (κ2) is 10.7. The second-order valence-corrected chi connectivity index (χ2v) is 9.26. The first kappa shape index (κ1) is 24.9. The number of aromatic nitrogens is 3. The first-order valence-electron chi connectivity index (χ1n) is 12.2. The van der Waals surface area contributed by atoms with Crippen LogP contribution in [0.2, 0.25) is 0 Å². The van der Waals surface area contributed by atoms with Gasteiger partial charge in [0.2, 0.25) is 17.7 Å². The molecule has 1 aromatic carbocycles. The quantitative estimate of drug-likeness (QED) is 0.378. The van der Waals surface area contributed by atoms with Gasteiger partial charge >= 0.3 is 5.69 Å². The molecule has 2 aromatic heterocycles. The number of rotatable bonds is 8. The standard InChI is InChI=1S/C26H26N6O6/c33-22-5-8-32(26(37)30-22)15-24(35)28-13-18-12-19(3-6-27-18)38-20-4-7-31(14-20)25(36)10-16-1-2-17-11-23(34)29-21(17)9-16/h1-3,5-6,8-9,12,20H,4,7,10-11,13-15H2,(H,28,35)(H,29,34)(H,30,33,37). The Morgan fingerprint density at radius 2 is 2.00 bits per heavy atom. The lowest BCUT2D eigenvalue weighted by Crippen LogP contribution is -2.35. The first-order chi connectivity index (χ1) is 18.3. The summed E-state index contributed by atoms with van der Waals surface area (Å²) < 4.78 is 7.17. The van der Waals surface area contributed by atoms with Gasteiger partial charge in [-0.15, -0.1) is 0 Å². The van der Waals surface area contributed by atoms with Crippen LogP contribution < -0.4 is 26.6 Å². The summed E-state index contributed by atoms with van der Waals surface area (Å²) in [6.45, 7) is 0.939. The number of likely N-dealkylation sites (tertiary alicyclic amines) is 1. The summed E-state index contributed by atoms with van der Waals surface area (Å²) in [5, 5.41) is 5.50. The number of amides is 3. The molecule has 3 amide bonds. The molecule has 0 bridgehead atoms. The number of aromatic amines is 1. The normalized spacial score (nSPS) is 16.2. The molecule has 196 valence electrons. The number of hydrogen-bond donors (Lipinski definition) is 3. The predicted octanol–water partition coefficient (Wildman–Crippen LogP) is -0.0350. The second-order valence-electron chi connectivity index (χ2n) is 9.26. The predicted molar refractivity (Wildman–Crippen MR) is 135 cm³/mol. The molecule has 12 nitrogen and oxygen atoms in total. The maximum Gasteiger partial charge on any atom is 0.328 e. The summed E-state index contributed by atoms with van der Waals surface area (Å²) >= 11 is 0. The summed E-state index contributed by atoms with van der Waals surface area (Å²) in [5.41, 5.74) is 1.95. The Hall–Kier alpha value is -4.74. The van der Waals surface area contributed by atoms with Crippen molar-refractivity contribution in [3.8, 4) is 5.75 Å². The van der Waals surface area contributed by atoms with Crippen LogP contribution in [0.1, 0.15) is 23.2 Å². The third kappa shape index (κ3) is 5.97. The Morgan fingerprint density at radius 3 is 2.84 bits per heavy atom. The minimum Gasteiger partial charge on any atom is -0.488 e. The highest BCUT2D eigenvalue weighted by Crippen LogP contribution is 2.25. The summed E-state index contributed by atoms with van der Waals surface area (Å²) in [4.78, 5) is 67.6. The zero-order chi connectivity index (χ0) is 26.6. The van der Waals surface area contributed by atoms with Gasteiger partial charge in [-0.2, -0.15) is 0 Å². The minimum absolute atomic E-state index is 0.0000938. The molecule has 3 aromatic rings. The van der Waals surface area contributed by atoms with Crippen molar-refractivity contribution in [2.24, 2.45) is 0 Å². The molecule has 0 radical (unpaired) electrons. The van der Waals surface area contributed by atoms with E-state index in [2.05, 4.69) is 20.6 Å². The van der Waals surface area contributed by atoms with Crippen LogP contribution in [0, 0.1) is 0 Å². The first-order valence-corrected chi connectivity index (χ1v) is 12.2. The molecule has 2 aliphatic heterocycles. The summed E-state index contributed by atoms with van der Waals surface area (Å²) in [6, 6.07) is 10.2. The van der Waals surface area contributed by atoms with Crippen molar-refractivity contribution in [1.82, 2.24) is 24.8 Å². The lowest BCUT2D eigenvalue weighted by molar-refractivity contribution is -0.129. The number of fused-ring (bicyclic) bond motifs is 1. The molecular formula is C26H26N6O6. The maximum absolute atomic E-state index is 12.8. The number of nitrogens with one attached hydrogen (secondary N) is 3. The average Bonchev–Trinajstić information content (AvgIpc) is 3.50. The molecule has 0 spiro atoms. The smallest absolute Gasteiger partial charge is 0.328 e. The number of carbonyl (C=O) groups excluding carboxylic acids is 3. The maximum atomic E-state index is 12.8. The zero-order valence-corrected chi connectivity index (χ0v) is 20.4. The molecule has 1 unspecified atom stereocenters. The highest BCUT2D eigenvalue weighted by Gasteiger charge is 2.28. The Bertz CT molecular complexity index is 1510. The van der Waals surface area contributed by atoms with E-state index in [4.69, 9.17) is 4.74 Å². The van der Waals surface area contributed by atoms with Crippen molar-refractivity contribution in [1.29, 1.82) is 0 Å². The number of nitrogens with zero attached hydrogens (tertiary/aromatic N) is 3. The summed E-state index contributed by atoms with van der Waals surface area (Å²) in [5.74, 6) is 0.130. The van der Waals surface area contributed by atoms with Gasteiger partial charge in [0.1, 0.15) is 18.4 Å². The molecule has 1 fully saturated rings. The summed E-state index contributed by atoms with van der Waals surface area (Å²) in [6.07, 6.45) is 3.97. The fourth-order valence-corrected chi connectivity index (χ4v) is 4.50. The molecule has 12 heteroatoms. The highest BCUT2D eigenvalue weighted by molar-refractivity contribution is 5.99. The lowest BCUT2D eigenvalue weighted by Gasteiger charge is -2.18. The van der Waals surface area contributed by atoms with E-state index in [1.165, 1.54) is 12.3 Å². The molecule has 5 rings (SSSR count). The average molecular weight is 519 g/mol. The molecule has 3 N–H and O–H groups in total. The number of pyridine rings is 1. The number of benzene rings is 1. The topological polar surface area (TPSA) is 155 Å². The number of carbonyl (C=O) groups is 3. The Morgan fingerprint density at radius 1 is 1.13 bits per heavy atom. The van der Waals surface area contributed by atoms with Gasteiger partial charge < -0.3 is 20.3 Å². The number of H-pyrrole nitrogens is 1. The van der Waals surface area contributed by atoms with E-state index in [1.54, 1.807) is 23.2 Å². The molecule has 1 saturated heterocycles. The monoisotopic (exact) mass is 518 g/mol. The molecule has 4 heterocycles. The van der Waals surface area contributed by atoms with Crippen molar-refractivity contribution in [3.63, 3.8) is 0 Å². The van der Waals surface area contributed by atoms with Gasteiger partial charge in [-0.3, -0.25) is 33.7 Å². The largest absolute Gasteiger partial charge is 0.488 e. The third-order valence-corrected chi connectivity index (χ3v) is 6.42. The van der Waals surface area contributed by atoms with E-state index < -0.39 is 17.2 Å². The van der Waals surface area contributed by atoms with Gasteiger partial charge in [-0.25, -0.2) is 4.79 Å². The van der Waals surface area contributed by atoms with Crippen LogP contribution in [0.4, 0.5) is 5.69 Å². The van der Waals surface area contributed by atoms with Crippen LogP contribution in [-0.4, -0.2) is 56.3 Å². The van der Waals surface area contributed by atoms with Gasteiger partial charge in [-0.1, -0.05) is 12.1 Å². The number of hydrogen-bond acceptors (Lipinski definition) is 7. The Balaban J connectivity index is 1.10. The van der Waals surface area contributed by atoms with Crippen LogP contribution in [0.25, 0.3) is 0 Å². The lowest BCUT2D eigenvalue weighted by atomic mass is 10.1. The van der Waals surface area contributed by atoms with Gasteiger partial charge in [0, 0.05) is 43.2 Å². The SMILES string of the molecule is O=C(Cn1ccc(=O)[nH]c1=O)NCc1cc(OC2CCN(C(=O)Cc3ccc4c(c3)NC(=O)C4)C2)ccn1. The fourth-order valence-electron chi connectivity index (χ4n) is 4.50. The van der Waals surface area contributed by atoms with E-state index in [0.29, 0.717) is 37.4 Å². The van der Waals surface area contributed by atoms with Crippen LogP contribution in [0.3, 0.4) is 0 Å². The van der Waals surface area contributed by atoms with Crippen LogP contribution >= 0.6 is 0 Å². The molecule has 0 saturated carbocycles. The van der Waals surface area contributed by atoms with E-state index in [-0.39, 0.29) is 37.4 Å². The molecule has 1 atom stereocenters. The Kier molecular flexibility index (Phi) is 7.03. The van der Waals surface area contributed by atoms with Crippen LogP contribution in [0.5, 0.6) is 5.75 Å². The molecule has 2 aliphatic rings. The van der Waals surface area contributed by atoms with Crippen molar-refractivity contribution in [2.45, 2.75) is 38.5 Å². The van der Waals surface area contributed by atoms with Crippen LogP contribution in [-0.2, 0) is 40.3 Å². The minimum atomic E-state index is -0.661. The number of anilines is 1. The van der Waals surface area contributed by atoms with Crippen LogP contribution in [0.15, 0.2) is 58.4 Å². The zero-order valence-electron chi connectivity index (χ0n) is 20.4. The Labute approximate surface area is 216 Å². The van der Waals surface area contributed by atoms with E-state index >= 15 is 0 Å². The van der Waals surface area contributed by atoms with Crippen molar-refractivity contribution in [2.75, 3.05) is 18.4 Å². The molecular weight excluding hydrogens is 492 g/mol.